The summed E-state index contributed by atoms with van der Waals surface area (Å²) in [5, 5.41) is 0. The molecule has 74 valence electrons. The molecule has 0 aromatic rings. The Morgan fingerprint density at radius 3 is 2.00 bits per heavy atom. The third-order valence-electron chi connectivity index (χ3n) is 3.04. The summed E-state index contributed by atoms with van der Waals surface area (Å²) in [4.78, 5) is 0. The fourth-order valence-electron chi connectivity index (χ4n) is 1.67. The summed E-state index contributed by atoms with van der Waals surface area (Å²) in [6, 6.07) is 0. The molecular formula is C9H25NSi2. The molecule has 0 bridgehead atoms. The largest absolute Gasteiger partial charge is 0.374 e. The van der Waals surface area contributed by atoms with Gasteiger partial charge < -0.3 is 4.65 Å². The molecule has 0 heterocycles. The van der Waals surface area contributed by atoms with Gasteiger partial charge in [0, 0.05) is 0 Å². The van der Waals surface area contributed by atoms with Crippen LogP contribution in [0.4, 0.5) is 0 Å². The molecule has 1 unspecified atom stereocenters. The molecule has 1 aliphatic rings. The second-order valence-electron chi connectivity index (χ2n) is 4.64. The predicted octanol–water partition coefficient (Wildman–Crippen LogP) is 0.359. The summed E-state index contributed by atoms with van der Waals surface area (Å²) in [6.45, 7) is 7.19. The van der Waals surface area contributed by atoms with E-state index in [1.807, 2.05) is 0 Å². The van der Waals surface area contributed by atoms with Crippen molar-refractivity contribution in [1.29, 1.82) is 0 Å². The van der Waals surface area contributed by atoms with E-state index in [4.69, 9.17) is 0 Å². The van der Waals surface area contributed by atoms with Gasteiger partial charge in [0.15, 0.2) is 0 Å². The van der Waals surface area contributed by atoms with Gasteiger partial charge in [0.25, 0.3) is 0 Å². The second-order valence-corrected chi connectivity index (χ2v) is 8.64. The third-order valence-corrected chi connectivity index (χ3v) is 3.04. The first-order chi connectivity index (χ1) is 5.54. The fourth-order valence-corrected chi connectivity index (χ4v) is 1.67. The van der Waals surface area contributed by atoms with Crippen molar-refractivity contribution >= 4 is 20.8 Å². The zero-order chi connectivity index (χ0) is 9.61. The van der Waals surface area contributed by atoms with Gasteiger partial charge in [0.2, 0.25) is 0 Å². The summed E-state index contributed by atoms with van der Waals surface area (Å²) < 4.78 is 3.03. The monoisotopic (exact) mass is 203 g/mol. The topological polar surface area (TPSA) is 12.0 Å². The Hall–Kier alpha value is 0.394. The van der Waals surface area contributed by atoms with E-state index in [0.29, 0.717) is 5.41 Å². The van der Waals surface area contributed by atoms with Crippen LogP contribution in [0.3, 0.4) is 0 Å². The van der Waals surface area contributed by atoms with Gasteiger partial charge in [-0.15, -0.1) is 0 Å². The molecule has 3 heteroatoms. The van der Waals surface area contributed by atoms with Gasteiger partial charge in [0.05, 0.1) is 20.8 Å². The maximum atomic E-state index is 3.03. The predicted molar refractivity (Wildman–Crippen MR) is 64.4 cm³/mol. The highest BCUT2D eigenvalue weighted by atomic mass is 28.2. The van der Waals surface area contributed by atoms with E-state index in [2.05, 4.69) is 25.4 Å². The van der Waals surface area contributed by atoms with E-state index in [1.54, 1.807) is 0 Å². The van der Waals surface area contributed by atoms with Crippen LogP contribution in [0.2, 0.25) is 0 Å². The number of nitrogens with one attached hydrogen (secondary N) is 1. The average molecular weight is 203 g/mol. The highest BCUT2D eigenvalue weighted by Crippen LogP contribution is 2.39. The minimum absolute atomic E-state index is 0.637. The lowest BCUT2D eigenvalue weighted by Gasteiger charge is -2.36. The Balaban J connectivity index is 0.000000354. The van der Waals surface area contributed by atoms with Crippen molar-refractivity contribution in [3.05, 3.63) is 0 Å². The summed E-state index contributed by atoms with van der Waals surface area (Å²) in [7, 11) is 2.36. The van der Waals surface area contributed by atoms with E-state index >= 15 is 0 Å². The first kappa shape index (κ1) is 12.4. The Labute approximate surface area is 83.7 Å². The van der Waals surface area contributed by atoms with Crippen molar-refractivity contribution in [2.24, 2.45) is 11.3 Å². The molecule has 12 heavy (non-hydrogen) atoms. The molecule has 0 saturated heterocycles. The molecule has 1 atom stereocenters. The highest BCUT2D eigenvalue weighted by molar-refractivity contribution is 6.25. The fraction of sp³-hybridized carbons (Fsp3) is 1.00. The molecule has 1 N–H and O–H groups in total. The molecule has 0 amide bonds. The Bertz CT molecular complexity index is 115. The molecule has 1 saturated carbocycles. The lowest BCUT2D eigenvalue weighted by atomic mass is 9.70. The smallest absolute Gasteiger partial charge is 0.0670 e. The van der Waals surface area contributed by atoms with Crippen LogP contribution in [0.1, 0.15) is 46.5 Å². The van der Waals surface area contributed by atoms with Crippen LogP contribution < -0.4 is 4.65 Å². The van der Waals surface area contributed by atoms with Crippen LogP contribution in [-0.2, 0) is 0 Å². The Morgan fingerprint density at radius 2 is 1.75 bits per heavy atom. The lowest BCUT2D eigenvalue weighted by Crippen LogP contribution is -2.24. The van der Waals surface area contributed by atoms with Crippen molar-refractivity contribution in [1.82, 2.24) is 4.65 Å². The number of hydrogen-bond donors (Lipinski definition) is 1. The zero-order valence-electron chi connectivity index (χ0n) is 9.41. The normalized spacial score (nSPS) is 27.8. The molecule has 0 radical (unpaired) electrons. The van der Waals surface area contributed by atoms with Gasteiger partial charge >= 0.3 is 0 Å². The minimum Gasteiger partial charge on any atom is -0.374 e. The van der Waals surface area contributed by atoms with E-state index in [-0.39, 0.29) is 0 Å². The molecule has 1 nitrogen and oxygen atoms in total. The molecule has 0 aromatic heterocycles. The summed E-state index contributed by atoms with van der Waals surface area (Å²) in [6.07, 6.45) is 5.81. The number of hydrogen-bond acceptors (Lipinski definition) is 1. The van der Waals surface area contributed by atoms with Crippen molar-refractivity contribution in [2.75, 3.05) is 0 Å². The zero-order valence-corrected chi connectivity index (χ0v) is 13.4. The molecule has 1 fully saturated rings. The number of rotatable bonds is 0. The van der Waals surface area contributed by atoms with Gasteiger partial charge in [-0.2, -0.15) is 0 Å². The molecule has 0 aromatic carbocycles. The van der Waals surface area contributed by atoms with Gasteiger partial charge in [-0.25, -0.2) is 0 Å². The maximum Gasteiger partial charge on any atom is 0.0670 e. The van der Waals surface area contributed by atoms with Crippen LogP contribution in [0.25, 0.3) is 0 Å². The summed E-state index contributed by atoms with van der Waals surface area (Å²) in [5.41, 5.74) is 0.637. The van der Waals surface area contributed by atoms with Crippen molar-refractivity contribution < 1.29 is 0 Å². The van der Waals surface area contributed by atoms with Gasteiger partial charge in [-0.3, -0.25) is 0 Å². The summed E-state index contributed by atoms with van der Waals surface area (Å²) in [5.74, 6) is 0.950. The molecule has 1 aliphatic carbocycles. The molecular weight excluding hydrogens is 178 g/mol. The standard InChI is InChI=1S/C9H18.H7NSi2/c1-8-6-4-5-7-9(8,2)3;2-1-3/h8H,4-7H2,1-3H3;1H,2-3H3. The van der Waals surface area contributed by atoms with E-state index in [1.165, 1.54) is 46.5 Å². The van der Waals surface area contributed by atoms with Gasteiger partial charge in [-0.1, -0.05) is 40.0 Å². The lowest BCUT2D eigenvalue weighted by molar-refractivity contribution is 0.154. The molecule has 1 rings (SSSR count). The first-order valence-electron chi connectivity index (χ1n) is 5.13. The van der Waals surface area contributed by atoms with Crippen molar-refractivity contribution in [2.45, 2.75) is 46.5 Å². The van der Waals surface area contributed by atoms with Crippen LogP contribution in [-0.4, -0.2) is 20.8 Å². The Kier molecular flexibility index (Phi) is 6.14. The van der Waals surface area contributed by atoms with E-state index in [9.17, 15) is 0 Å². The van der Waals surface area contributed by atoms with Crippen LogP contribution in [0.15, 0.2) is 0 Å². The quantitative estimate of drug-likeness (QED) is 0.561. The van der Waals surface area contributed by atoms with Crippen molar-refractivity contribution in [3.63, 3.8) is 0 Å². The van der Waals surface area contributed by atoms with Crippen LogP contribution in [0, 0.1) is 11.3 Å². The third kappa shape index (κ3) is 4.43. The van der Waals surface area contributed by atoms with Gasteiger partial charge in [0.1, 0.15) is 0 Å². The van der Waals surface area contributed by atoms with Crippen molar-refractivity contribution in [3.8, 4) is 0 Å². The minimum atomic E-state index is 0.637. The summed E-state index contributed by atoms with van der Waals surface area (Å²) >= 11 is 0. The highest BCUT2D eigenvalue weighted by Gasteiger charge is 2.27. The first-order valence-corrected chi connectivity index (χ1v) is 7.13. The van der Waals surface area contributed by atoms with Gasteiger partial charge in [-0.05, 0) is 17.8 Å². The average Bonchev–Trinajstić information content (AvgIpc) is 1.97. The maximum absolute atomic E-state index is 3.03. The Morgan fingerprint density at radius 1 is 1.25 bits per heavy atom. The molecule has 0 aliphatic heterocycles. The second kappa shape index (κ2) is 5.94. The van der Waals surface area contributed by atoms with Crippen LogP contribution in [0.5, 0.6) is 0 Å². The van der Waals surface area contributed by atoms with E-state index in [0.717, 1.165) is 5.92 Å². The van der Waals surface area contributed by atoms with Crippen LogP contribution >= 0.6 is 0 Å². The SMILES string of the molecule is CC1CCCCC1(C)C.[SiH3]N[SiH3]. The molecule has 0 spiro atoms. The van der Waals surface area contributed by atoms with E-state index < -0.39 is 0 Å².